The molecular formula is C12H20N4O4. The molecule has 2 rings (SSSR count). The molecular weight excluding hydrogens is 264 g/mol. The predicted molar refractivity (Wildman–Crippen MR) is 70.2 cm³/mol. The van der Waals surface area contributed by atoms with Gasteiger partial charge in [-0.25, -0.2) is 4.79 Å². The van der Waals surface area contributed by atoms with E-state index in [1.165, 1.54) is 4.90 Å². The Bertz CT molecular complexity index is 395. The number of urea groups is 1. The zero-order chi connectivity index (χ0) is 14.5. The van der Waals surface area contributed by atoms with E-state index in [0.29, 0.717) is 13.1 Å². The normalized spacial score (nSPS) is 24.1. The summed E-state index contributed by atoms with van der Waals surface area (Å²) in [7, 11) is 0. The minimum absolute atomic E-state index is 0.0826. The van der Waals surface area contributed by atoms with Crippen molar-refractivity contribution in [3.63, 3.8) is 0 Å². The molecule has 8 heteroatoms. The highest BCUT2D eigenvalue weighted by molar-refractivity contribution is 5.91. The third-order valence-electron chi connectivity index (χ3n) is 3.63. The average molecular weight is 284 g/mol. The van der Waals surface area contributed by atoms with Crippen LogP contribution in [0.5, 0.6) is 0 Å². The van der Waals surface area contributed by atoms with Gasteiger partial charge in [0, 0.05) is 19.1 Å². The molecule has 0 aromatic rings. The van der Waals surface area contributed by atoms with E-state index in [9.17, 15) is 14.4 Å². The van der Waals surface area contributed by atoms with E-state index in [1.807, 2.05) is 0 Å². The second-order valence-electron chi connectivity index (χ2n) is 5.07. The number of hydrogen-bond acceptors (Lipinski definition) is 4. The van der Waals surface area contributed by atoms with E-state index < -0.39 is 17.9 Å². The smallest absolute Gasteiger partial charge is 0.318 e. The molecule has 0 spiro atoms. The van der Waals surface area contributed by atoms with Crippen LogP contribution in [-0.4, -0.2) is 66.2 Å². The topological polar surface area (TPSA) is 111 Å². The zero-order valence-corrected chi connectivity index (χ0v) is 11.2. The average Bonchev–Trinajstić information content (AvgIpc) is 2.41. The molecule has 2 aliphatic rings. The summed E-state index contributed by atoms with van der Waals surface area (Å²) in [4.78, 5) is 36.1. The van der Waals surface area contributed by atoms with E-state index in [2.05, 4.69) is 16.0 Å². The van der Waals surface area contributed by atoms with E-state index in [1.54, 1.807) is 0 Å². The van der Waals surface area contributed by atoms with Gasteiger partial charge in [0.15, 0.2) is 0 Å². The maximum absolute atomic E-state index is 12.2. The lowest BCUT2D eigenvalue weighted by atomic mass is 10.1. The Morgan fingerprint density at radius 1 is 1.30 bits per heavy atom. The van der Waals surface area contributed by atoms with Gasteiger partial charge in [0.2, 0.25) is 5.91 Å². The largest absolute Gasteiger partial charge is 0.481 e. The predicted octanol–water partition coefficient (Wildman–Crippen LogP) is -1.28. The lowest BCUT2D eigenvalue weighted by Crippen LogP contribution is -2.61. The van der Waals surface area contributed by atoms with Gasteiger partial charge in [-0.15, -0.1) is 0 Å². The molecule has 0 bridgehead atoms. The van der Waals surface area contributed by atoms with Crippen molar-refractivity contribution in [2.75, 3.05) is 26.2 Å². The fourth-order valence-corrected chi connectivity index (χ4v) is 2.55. The van der Waals surface area contributed by atoms with Crippen molar-refractivity contribution in [1.29, 1.82) is 0 Å². The van der Waals surface area contributed by atoms with E-state index in [0.717, 1.165) is 25.9 Å². The first kappa shape index (κ1) is 14.6. The van der Waals surface area contributed by atoms with Crippen LogP contribution in [0.15, 0.2) is 0 Å². The molecule has 0 aliphatic carbocycles. The van der Waals surface area contributed by atoms with Crippen LogP contribution in [0.4, 0.5) is 4.79 Å². The number of piperazine rings is 1. The Hall–Kier alpha value is -1.83. The molecule has 0 saturated carbocycles. The number of aliphatic carboxylic acids is 1. The minimum atomic E-state index is -1.09. The fourth-order valence-electron chi connectivity index (χ4n) is 2.55. The SMILES string of the molecule is O=C(O)CC1C(=O)NCCN1C(=O)NC1CCNCC1. The molecule has 4 N–H and O–H groups in total. The number of piperidine rings is 1. The van der Waals surface area contributed by atoms with Crippen molar-refractivity contribution < 1.29 is 19.5 Å². The Kier molecular flexibility index (Phi) is 4.78. The van der Waals surface area contributed by atoms with Crippen LogP contribution in [0.25, 0.3) is 0 Å². The van der Waals surface area contributed by atoms with Crippen LogP contribution in [0, 0.1) is 0 Å². The first-order valence-corrected chi connectivity index (χ1v) is 6.85. The molecule has 2 aliphatic heterocycles. The summed E-state index contributed by atoms with van der Waals surface area (Å²) in [5.74, 6) is -1.49. The molecule has 1 atom stereocenters. The molecule has 2 fully saturated rings. The number of hydrogen-bond donors (Lipinski definition) is 4. The molecule has 2 heterocycles. The molecule has 3 amide bonds. The summed E-state index contributed by atoms with van der Waals surface area (Å²) < 4.78 is 0. The van der Waals surface area contributed by atoms with E-state index >= 15 is 0 Å². The number of amides is 3. The van der Waals surface area contributed by atoms with Gasteiger partial charge in [-0.3, -0.25) is 9.59 Å². The molecule has 0 aromatic heterocycles. The molecule has 8 nitrogen and oxygen atoms in total. The lowest BCUT2D eigenvalue weighted by Gasteiger charge is -2.36. The molecule has 1 unspecified atom stereocenters. The van der Waals surface area contributed by atoms with Crippen LogP contribution in [0.2, 0.25) is 0 Å². The highest BCUT2D eigenvalue weighted by Gasteiger charge is 2.35. The minimum Gasteiger partial charge on any atom is -0.481 e. The highest BCUT2D eigenvalue weighted by atomic mass is 16.4. The van der Waals surface area contributed by atoms with Crippen LogP contribution in [-0.2, 0) is 9.59 Å². The standard InChI is InChI=1S/C12H20N4O4/c17-10(18)7-9-11(19)14-5-6-16(9)12(20)15-8-1-3-13-4-2-8/h8-9,13H,1-7H2,(H,14,19)(H,15,20)(H,17,18). The first-order valence-electron chi connectivity index (χ1n) is 6.85. The Labute approximate surface area is 116 Å². The number of nitrogens with zero attached hydrogens (tertiary/aromatic N) is 1. The number of carbonyl (C=O) groups is 3. The van der Waals surface area contributed by atoms with Crippen LogP contribution in [0.1, 0.15) is 19.3 Å². The zero-order valence-electron chi connectivity index (χ0n) is 11.2. The van der Waals surface area contributed by atoms with E-state index in [4.69, 9.17) is 5.11 Å². The van der Waals surface area contributed by atoms with Crippen molar-refractivity contribution >= 4 is 17.9 Å². The summed E-state index contributed by atoms with van der Waals surface area (Å²) >= 11 is 0. The maximum Gasteiger partial charge on any atom is 0.318 e. The Balaban J connectivity index is 1.97. The third-order valence-corrected chi connectivity index (χ3v) is 3.63. The van der Waals surface area contributed by atoms with Gasteiger partial charge < -0.3 is 26.0 Å². The Morgan fingerprint density at radius 3 is 2.65 bits per heavy atom. The second kappa shape index (κ2) is 6.56. The lowest BCUT2D eigenvalue weighted by molar-refractivity contribution is -0.142. The number of nitrogens with one attached hydrogen (secondary N) is 3. The Morgan fingerprint density at radius 2 is 2.00 bits per heavy atom. The molecule has 2 saturated heterocycles. The van der Waals surface area contributed by atoms with Gasteiger partial charge in [-0.1, -0.05) is 0 Å². The van der Waals surface area contributed by atoms with Crippen molar-refractivity contribution in [1.82, 2.24) is 20.9 Å². The van der Waals surface area contributed by atoms with Gasteiger partial charge in [0.1, 0.15) is 6.04 Å². The van der Waals surface area contributed by atoms with Crippen LogP contribution in [0.3, 0.4) is 0 Å². The number of carboxylic acids is 1. The van der Waals surface area contributed by atoms with Crippen molar-refractivity contribution in [2.24, 2.45) is 0 Å². The second-order valence-corrected chi connectivity index (χ2v) is 5.07. The molecule has 0 radical (unpaired) electrons. The number of carbonyl (C=O) groups excluding carboxylic acids is 2. The van der Waals surface area contributed by atoms with Crippen LogP contribution < -0.4 is 16.0 Å². The highest BCUT2D eigenvalue weighted by Crippen LogP contribution is 2.11. The number of rotatable bonds is 3. The van der Waals surface area contributed by atoms with Gasteiger partial charge in [0.25, 0.3) is 0 Å². The van der Waals surface area contributed by atoms with Crippen LogP contribution >= 0.6 is 0 Å². The fraction of sp³-hybridized carbons (Fsp3) is 0.750. The van der Waals surface area contributed by atoms with Gasteiger partial charge in [0.05, 0.1) is 6.42 Å². The molecule has 0 aromatic carbocycles. The molecule has 112 valence electrons. The first-order chi connectivity index (χ1) is 9.58. The van der Waals surface area contributed by atoms with E-state index in [-0.39, 0.29) is 18.5 Å². The summed E-state index contributed by atoms with van der Waals surface area (Å²) in [6.45, 7) is 2.39. The summed E-state index contributed by atoms with van der Waals surface area (Å²) in [6.07, 6.45) is 1.32. The third kappa shape index (κ3) is 3.60. The van der Waals surface area contributed by atoms with Crippen molar-refractivity contribution in [2.45, 2.75) is 31.3 Å². The quantitative estimate of drug-likeness (QED) is 0.516. The van der Waals surface area contributed by atoms with Crippen molar-refractivity contribution in [3.05, 3.63) is 0 Å². The van der Waals surface area contributed by atoms with Crippen molar-refractivity contribution in [3.8, 4) is 0 Å². The maximum atomic E-state index is 12.2. The van der Waals surface area contributed by atoms with Gasteiger partial charge >= 0.3 is 12.0 Å². The molecule has 20 heavy (non-hydrogen) atoms. The number of carboxylic acid groups (broad SMARTS) is 1. The summed E-state index contributed by atoms with van der Waals surface area (Å²) in [5, 5.41) is 17.5. The summed E-state index contributed by atoms with van der Waals surface area (Å²) in [5.41, 5.74) is 0. The van der Waals surface area contributed by atoms with Gasteiger partial charge in [-0.05, 0) is 25.9 Å². The monoisotopic (exact) mass is 284 g/mol. The van der Waals surface area contributed by atoms with Gasteiger partial charge in [-0.2, -0.15) is 0 Å². The summed E-state index contributed by atoms with van der Waals surface area (Å²) in [6, 6.07) is -1.19.